The molecule has 0 spiro atoms. The SMILES string of the molecule is CCc1cc(C(F)(C(F)(F)F)C(F)(F)F)cc(C)c1NC(=O)c1ccc2c(c1)CCC2=NO. The minimum atomic E-state index is -6.23. The highest BCUT2D eigenvalue weighted by Crippen LogP contribution is 2.53. The Morgan fingerprint density at radius 1 is 1.03 bits per heavy atom. The summed E-state index contributed by atoms with van der Waals surface area (Å²) in [6, 6.07) is 5.55. The molecule has 178 valence electrons. The minimum Gasteiger partial charge on any atom is -0.411 e. The van der Waals surface area contributed by atoms with Crippen LogP contribution >= 0.6 is 0 Å². The fraction of sp³-hybridized carbons (Fsp3) is 0.364. The number of fused-ring (bicyclic) bond motifs is 1. The number of halogens is 7. The monoisotopic (exact) mass is 476 g/mol. The molecule has 4 nitrogen and oxygen atoms in total. The first-order valence-electron chi connectivity index (χ1n) is 9.86. The molecule has 0 saturated carbocycles. The summed E-state index contributed by atoms with van der Waals surface area (Å²) < 4.78 is 93.5. The number of aryl methyl sites for hydroxylation is 3. The summed E-state index contributed by atoms with van der Waals surface area (Å²) in [4.78, 5) is 12.8. The smallest absolute Gasteiger partial charge is 0.411 e. The highest BCUT2D eigenvalue weighted by atomic mass is 19.4. The topological polar surface area (TPSA) is 61.7 Å². The van der Waals surface area contributed by atoms with E-state index in [1.54, 1.807) is 12.1 Å². The molecule has 0 aliphatic heterocycles. The van der Waals surface area contributed by atoms with Gasteiger partial charge in [0.1, 0.15) is 0 Å². The highest BCUT2D eigenvalue weighted by Gasteiger charge is 2.73. The molecule has 1 aliphatic carbocycles. The number of amides is 1. The number of benzene rings is 2. The molecule has 11 heteroatoms. The predicted molar refractivity (Wildman–Crippen MR) is 106 cm³/mol. The number of carbonyl (C=O) groups is 1. The summed E-state index contributed by atoms with van der Waals surface area (Å²) in [5.41, 5.74) is -5.25. The molecule has 33 heavy (non-hydrogen) atoms. The van der Waals surface area contributed by atoms with Gasteiger partial charge in [-0.2, -0.15) is 26.3 Å². The Morgan fingerprint density at radius 3 is 2.21 bits per heavy atom. The van der Waals surface area contributed by atoms with E-state index in [0.29, 0.717) is 36.2 Å². The Hall–Kier alpha value is -3.11. The van der Waals surface area contributed by atoms with Crippen molar-refractivity contribution in [2.24, 2.45) is 5.16 Å². The Morgan fingerprint density at radius 2 is 1.67 bits per heavy atom. The Kier molecular flexibility index (Phi) is 6.20. The lowest BCUT2D eigenvalue weighted by Crippen LogP contribution is -2.50. The Labute approximate surface area is 184 Å². The molecule has 0 atom stereocenters. The molecule has 0 saturated heterocycles. The van der Waals surface area contributed by atoms with Crippen molar-refractivity contribution in [1.29, 1.82) is 0 Å². The van der Waals surface area contributed by atoms with Crippen molar-refractivity contribution in [3.8, 4) is 0 Å². The molecule has 0 fully saturated rings. The van der Waals surface area contributed by atoms with Gasteiger partial charge in [0, 0.05) is 22.4 Å². The van der Waals surface area contributed by atoms with Crippen molar-refractivity contribution < 1.29 is 40.7 Å². The van der Waals surface area contributed by atoms with Crippen LogP contribution in [0.25, 0.3) is 0 Å². The predicted octanol–water partition coefficient (Wildman–Crippen LogP) is 6.22. The summed E-state index contributed by atoms with van der Waals surface area (Å²) in [7, 11) is 0. The number of nitrogens with zero attached hydrogens (tertiary/aromatic N) is 1. The lowest BCUT2D eigenvalue weighted by molar-refractivity contribution is -0.348. The van der Waals surface area contributed by atoms with Crippen LogP contribution in [0.2, 0.25) is 0 Å². The summed E-state index contributed by atoms with van der Waals surface area (Å²) in [6.07, 6.45) is -11.5. The van der Waals surface area contributed by atoms with E-state index < -0.39 is 29.5 Å². The average molecular weight is 476 g/mol. The lowest BCUT2D eigenvalue weighted by Gasteiger charge is -2.31. The van der Waals surface area contributed by atoms with Gasteiger partial charge in [-0.05, 0) is 61.1 Å². The summed E-state index contributed by atoms with van der Waals surface area (Å²) in [6.45, 7) is 2.65. The second-order valence-electron chi connectivity index (χ2n) is 7.71. The zero-order valence-corrected chi connectivity index (χ0v) is 17.5. The molecule has 0 bridgehead atoms. The summed E-state index contributed by atoms with van der Waals surface area (Å²) in [5.74, 6) is -0.643. The van der Waals surface area contributed by atoms with Crippen LogP contribution in [0.3, 0.4) is 0 Å². The van der Waals surface area contributed by atoms with Crippen LogP contribution in [-0.4, -0.2) is 29.2 Å². The Bertz CT molecular complexity index is 1110. The van der Waals surface area contributed by atoms with Crippen LogP contribution in [0.4, 0.5) is 36.4 Å². The molecule has 1 amide bonds. The number of hydrogen-bond acceptors (Lipinski definition) is 3. The van der Waals surface area contributed by atoms with Crippen molar-refractivity contribution in [3.63, 3.8) is 0 Å². The van der Waals surface area contributed by atoms with Crippen LogP contribution in [-0.2, 0) is 18.5 Å². The van der Waals surface area contributed by atoms with Gasteiger partial charge < -0.3 is 10.5 Å². The third-order valence-electron chi connectivity index (χ3n) is 5.65. The first-order valence-corrected chi connectivity index (χ1v) is 9.86. The van der Waals surface area contributed by atoms with Crippen LogP contribution in [0.1, 0.15) is 51.5 Å². The van der Waals surface area contributed by atoms with Crippen LogP contribution in [0.15, 0.2) is 35.5 Å². The van der Waals surface area contributed by atoms with Crippen molar-refractivity contribution in [1.82, 2.24) is 0 Å². The van der Waals surface area contributed by atoms with E-state index in [1.807, 2.05) is 0 Å². The maximum Gasteiger partial charge on any atom is 0.435 e. The van der Waals surface area contributed by atoms with Crippen molar-refractivity contribution >= 4 is 17.3 Å². The van der Waals surface area contributed by atoms with E-state index >= 15 is 0 Å². The molecule has 2 N–H and O–H groups in total. The Balaban J connectivity index is 2.00. The third-order valence-corrected chi connectivity index (χ3v) is 5.65. The molecule has 1 aliphatic rings. The molecule has 0 aromatic heterocycles. The highest BCUT2D eigenvalue weighted by molar-refractivity contribution is 6.08. The van der Waals surface area contributed by atoms with Gasteiger partial charge in [-0.3, -0.25) is 4.79 Å². The van der Waals surface area contributed by atoms with Crippen molar-refractivity contribution in [2.45, 2.75) is 51.1 Å². The number of hydrogen-bond donors (Lipinski definition) is 2. The summed E-state index contributed by atoms with van der Waals surface area (Å²) in [5, 5.41) is 14.7. The van der Waals surface area contributed by atoms with Gasteiger partial charge in [0.2, 0.25) is 0 Å². The van der Waals surface area contributed by atoms with E-state index in [0.717, 1.165) is 5.56 Å². The number of rotatable bonds is 4. The van der Waals surface area contributed by atoms with Gasteiger partial charge in [0.15, 0.2) is 0 Å². The molecule has 0 heterocycles. The van der Waals surface area contributed by atoms with Crippen LogP contribution in [0.5, 0.6) is 0 Å². The van der Waals surface area contributed by atoms with E-state index in [4.69, 9.17) is 5.21 Å². The maximum atomic E-state index is 14.5. The third kappa shape index (κ3) is 4.16. The normalized spacial score (nSPS) is 15.6. The average Bonchev–Trinajstić information content (AvgIpc) is 3.14. The zero-order valence-electron chi connectivity index (χ0n) is 17.5. The minimum absolute atomic E-state index is 0.0102. The van der Waals surface area contributed by atoms with Crippen molar-refractivity contribution in [3.05, 3.63) is 63.7 Å². The van der Waals surface area contributed by atoms with E-state index in [-0.39, 0.29) is 28.8 Å². The van der Waals surface area contributed by atoms with E-state index in [2.05, 4.69) is 10.5 Å². The fourth-order valence-electron chi connectivity index (χ4n) is 3.91. The summed E-state index contributed by atoms with van der Waals surface area (Å²) >= 11 is 0. The second-order valence-corrected chi connectivity index (χ2v) is 7.71. The molecule has 0 unspecified atom stereocenters. The first-order chi connectivity index (χ1) is 15.2. The first kappa shape index (κ1) is 24.5. The zero-order chi connectivity index (χ0) is 24.8. The number of alkyl halides is 7. The van der Waals surface area contributed by atoms with Gasteiger partial charge in [0.25, 0.3) is 5.91 Å². The van der Waals surface area contributed by atoms with Gasteiger partial charge in [-0.25, -0.2) is 4.39 Å². The molecule has 2 aromatic carbocycles. The fourth-order valence-corrected chi connectivity index (χ4v) is 3.91. The van der Waals surface area contributed by atoms with E-state index in [9.17, 15) is 35.5 Å². The standard InChI is InChI=1S/C22H19F7N2O2/c1-3-12-10-15(20(23,21(24,25)26)22(27,28)29)8-11(2)18(12)30-19(32)14-4-6-16-13(9-14)5-7-17(16)31-33/h4,6,8-10,33H,3,5,7H2,1-2H3,(H,30,32). The van der Waals surface area contributed by atoms with Crippen molar-refractivity contribution in [2.75, 3.05) is 5.32 Å². The quantitative estimate of drug-likeness (QED) is 0.313. The second kappa shape index (κ2) is 8.35. The molecular formula is C22H19F7N2O2. The van der Waals surface area contributed by atoms with Gasteiger partial charge in [-0.1, -0.05) is 24.2 Å². The van der Waals surface area contributed by atoms with E-state index in [1.165, 1.54) is 19.9 Å². The number of nitrogens with one attached hydrogen (secondary N) is 1. The van der Waals surface area contributed by atoms with Gasteiger partial charge >= 0.3 is 18.0 Å². The maximum absolute atomic E-state index is 14.5. The lowest BCUT2D eigenvalue weighted by atomic mass is 9.89. The molecule has 3 rings (SSSR count). The number of anilines is 1. The molecule has 0 radical (unpaired) electrons. The van der Waals surface area contributed by atoms with Gasteiger partial charge in [0.05, 0.1) is 5.71 Å². The molecule has 2 aromatic rings. The van der Waals surface area contributed by atoms with Crippen LogP contribution < -0.4 is 5.32 Å². The van der Waals surface area contributed by atoms with Crippen LogP contribution in [0, 0.1) is 6.92 Å². The van der Waals surface area contributed by atoms with Gasteiger partial charge in [-0.15, -0.1) is 0 Å². The largest absolute Gasteiger partial charge is 0.435 e. The number of carbonyl (C=O) groups excluding carboxylic acids is 1. The molecular weight excluding hydrogens is 457 g/mol. The number of oxime groups is 1.